The van der Waals surface area contributed by atoms with Crippen molar-refractivity contribution in [2.45, 2.75) is 115 Å². The second-order valence-electron chi connectivity index (χ2n) is 14.9. The quantitative estimate of drug-likeness (QED) is 0.0319. The van der Waals surface area contributed by atoms with Crippen LogP contribution in [0.5, 0.6) is 11.5 Å². The van der Waals surface area contributed by atoms with Crippen LogP contribution in [-0.2, 0) is 38.1 Å². The number of rotatable bonds is 22. The van der Waals surface area contributed by atoms with E-state index in [1.807, 2.05) is 48.5 Å². The molecule has 0 bridgehead atoms. The molecule has 310 valence electrons. The molecular formula is C48H58O10. The number of unbranched alkanes of at least 4 members (excludes halogenated alkanes) is 1. The third-order valence-corrected chi connectivity index (χ3v) is 10.2. The minimum atomic E-state index is -0.586. The zero-order valence-corrected chi connectivity index (χ0v) is 33.7. The molecule has 0 heterocycles. The number of esters is 4. The van der Waals surface area contributed by atoms with Gasteiger partial charge >= 0.3 is 23.9 Å². The van der Waals surface area contributed by atoms with Gasteiger partial charge in [0.25, 0.3) is 0 Å². The first-order valence-corrected chi connectivity index (χ1v) is 20.9. The van der Waals surface area contributed by atoms with Crippen molar-refractivity contribution in [3.05, 3.63) is 96.1 Å². The SMILES string of the molecule is C=C(CC(=O)OC1CCCCC1)C(=O)OCCCOc1ccc(-c2ccc(/C=C/c3ccc(OCCCCOC(=O)CCC(=O)OC4CCCCC4)cc3)cc2)cc1. The first kappa shape index (κ1) is 43.7. The van der Waals surface area contributed by atoms with Gasteiger partial charge in [0.2, 0.25) is 0 Å². The number of ether oxygens (including phenoxy) is 6. The maximum Gasteiger partial charge on any atom is 0.333 e. The first-order valence-electron chi connectivity index (χ1n) is 20.9. The Kier molecular flexibility index (Phi) is 18.4. The first-order chi connectivity index (χ1) is 28.3. The Hall–Kier alpha value is -5.38. The summed E-state index contributed by atoms with van der Waals surface area (Å²) in [6.07, 6.45) is 16.3. The predicted octanol–water partition coefficient (Wildman–Crippen LogP) is 10.0. The highest BCUT2D eigenvalue weighted by Crippen LogP contribution is 2.25. The molecule has 2 saturated carbocycles. The lowest BCUT2D eigenvalue weighted by molar-refractivity contribution is -0.154. The Bertz CT molecular complexity index is 1770. The Morgan fingerprint density at radius 2 is 0.966 bits per heavy atom. The molecule has 0 unspecified atom stereocenters. The van der Waals surface area contributed by atoms with E-state index in [2.05, 4.69) is 43.0 Å². The van der Waals surface area contributed by atoms with Gasteiger partial charge in [0.1, 0.15) is 23.7 Å². The second-order valence-corrected chi connectivity index (χ2v) is 14.9. The smallest absolute Gasteiger partial charge is 0.333 e. The van der Waals surface area contributed by atoms with Crippen molar-refractivity contribution < 1.29 is 47.6 Å². The van der Waals surface area contributed by atoms with E-state index >= 15 is 0 Å². The number of carbonyl (C=O) groups excluding carboxylic acids is 4. The van der Waals surface area contributed by atoms with Crippen LogP contribution in [0.25, 0.3) is 23.3 Å². The fourth-order valence-corrected chi connectivity index (χ4v) is 6.85. The molecule has 2 aliphatic rings. The van der Waals surface area contributed by atoms with Crippen LogP contribution in [0.1, 0.15) is 114 Å². The summed E-state index contributed by atoms with van der Waals surface area (Å²) in [6.45, 7) is 5.06. The van der Waals surface area contributed by atoms with E-state index in [0.29, 0.717) is 32.7 Å². The van der Waals surface area contributed by atoms with Gasteiger partial charge in [-0.1, -0.05) is 80.1 Å². The van der Waals surface area contributed by atoms with Gasteiger partial charge in [-0.25, -0.2) is 4.79 Å². The molecule has 10 nitrogen and oxygen atoms in total. The van der Waals surface area contributed by atoms with Gasteiger partial charge in [-0.3, -0.25) is 14.4 Å². The zero-order valence-electron chi connectivity index (χ0n) is 33.7. The highest BCUT2D eigenvalue weighted by molar-refractivity contribution is 5.93. The Balaban J connectivity index is 0.905. The van der Waals surface area contributed by atoms with Crippen molar-refractivity contribution in [1.29, 1.82) is 0 Å². The summed E-state index contributed by atoms with van der Waals surface area (Å²) < 4.78 is 33.1. The standard InChI is InChI=1S/C48H58O10/c1-36(35-47(51)58-44-13-6-3-7-14-44)48(52)56-34-10-33-54-42-27-23-40(24-28-42)39-21-17-37(18-22-39)15-16-38-19-25-41(26-20-38)53-31-8-9-32-55-45(49)29-30-46(50)57-43-11-4-2-5-12-43/h15-28,43-44H,1-14,29-35H2/b16-15+. The van der Waals surface area contributed by atoms with Crippen molar-refractivity contribution in [2.24, 2.45) is 0 Å². The van der Waals surface area contributed by atoms with Crippen LogP contribution >= 0.6 is 0 Å². The summed E-state index contributed by atoms with van der Waals surface area (Å²) in [7, 11) is 0. The van der Waals surface area contributed by atoms with Crippen LogP contribution in [0, 0.1) is 0 Å². The lowest BCUT2D eigenvalue weighted by Gasteiger charge is -2.21. The summed E-state index contributed by atoms with van der Waals surface area (Å²) >= 11 is 0. The Morgan fingerprint density at radius 3 is 1.55 bits per heavy atom. The van der Waals surface area contributed by atoms with E-state index in [0.717, 1.165) is 91.5 Å². The summed E-state index contributed by atoms with van der Waals surface area (Å²) in [5.41, 5.74) is 4.39. The molecule has 2 aliphatic carbocycles. The van der Waals surface area contributed by atoms with Gasteiger partial charge < -0.3 is 28.4 Å². The van der Waals surface area contributed by atoms with E-state index in [9.17, 15) is 19.2 Å². The van der Waals surface area contributed by atoms with Crippen molar-refractivity contribution >= 4 is 36.0 Å². The zero-order chi connectivity index (χ0) is 40.8. The van der Waals surface area contributed by atoms with E-state index in [4.69, 9.17) is 28.4 Å². The van der Waals surface area contributed by atoms with E-state index < -0.39 is 11.9 Å². The molecule has 0 radical (unpaired) electrons. The van der Waals surface area contributed by atoms with Crippen LogP contribution < -0.4 is 9.47 Å². The fourth-order valence-electron chi connectivity index (χ4n) is 6.85. The number of benzene rings is 3. The highest BCUT2D eigenvalue weighted by Gasteiger charge is 2.21. The number of carbonyl (C=O) groups is 4. The molecule has 0 atom stereocenters. The molecule has 5 rings (SSSR count). The second kappa shape index (κ2) is 24.4. The maximum atomic E-state index is 12.2. The normalized spacial score (nSPS) is 14.7. The fraction of sp³-hybridized carbons (Fsp3) is 0.458. The molecular weight excluding hydrogens is 737 g/mol. The summed E-state index contributed by atoms with van der Waals surface area (Å²) in [5, 5.41) is 0. The summed E-state index contributed by atoms with van der Waals surface area (Å²) in [5.74, 6) is -0.199. The van der Waals surface area contributed by atoms with Crippen LogP contribution in [0.15, 0.2) is 84.9 Å². The van der Waals surface area contributed by atoms with Gasteiger partial charge in [-0.2, -0.15) is 0 Å². The number of hydrogen-bond acceptors (Lipinski definition) is 10. The van der Waals surface area contributed by atoms with Gasteiger partial charge in [-0.05, 0) is 111 Å². The molecule has 0 spiro atoms. The van der Waals surface area contributed by atoms with Crippen molar-refractivity contribution in [3.63, 3.8) is 0 Å². The number of hydrogen-bond donors (Lipinski definition) is 0. The molecule has 0 amide bonds. The molecule has 3 aromatic rings. The third kappa shape index (κ3) is 16.2. The van der Waals surface area contributed by atoms with E-state index in [1.165, 1.54) is 12.8 Å². The van der Waals surface area contributed by atoms with Crippen LogP contribution in [0.3, 0.4) is 0 Å². The minimum Gasteiger partial charge on any atom is -0.494 e. The van der Waals surface area contributed by atoms with Crippen molar-refractivity contribution in [2.75, 3.05) is 26.4 Å². The minimum absolute atomic E-state index is 0.00670. The molecule has 0 saturated heterocycles. The topological polar surface area (TPSA) is 124 Å². The van der Waals surface area contributed by atoms with E-state index in [1.54, 1.807) is 0 Å². The van der Waals surface area contributed by atoms with Gasteiger partial charge in [0.15, 0.2) is 0 Å². The van der Waals surface area contributed by atoms with Crippen LogP contribution in [0.4, 0.5) is 0 Å². The molecule has 10 heteroatoms. The lowest BCUT2D eigenvalue weighted by Crippen LogP contribution is -2.22. The van der Waals surface area contributed by atoms with Crippen molar-refractivity contribution in [3.8, 4) is 22.6 Å². The third-order valence-electron chi connectivity index (χ3n) is 10.2. The monoisotopic (exact) mass is 794 g/mol. The Morgan fingerprint density at radius 1 is 0.517 bits per heavy atom. The summed E-state index contributed by atoms with van der Waals surface area (Å²) in [6, 6.07) is 24.1. The molecule has 0 aliphatic heterocycles. The average molecular weight is 795 g/mol. The largest absolute Gasteiger partial charge is 0.494 e. The Labute approximate surface area is 342 Å². The molecule has 0 aromatic heterocycles. The lowest BCUT2D eigenvalue weighted by atomic mass is 9.98. The molecule has 2 fully saturated rings. The van der Waals surface area contributed by atoms with Gasteiger partial charge in [-0.15, -0.1) is 0 Å². The van der Waals surface area contributed by atoms with E-state index in [-0.39, 0.29) is 55.6 Å². The molecule has 58 heavy (non-hydrogen) atoms. The van der Waals surface area contributed by atoms with Crippen LogP contribution in [0.2, 0.25) is 0 Å². The molecule has 3 aromatic carbocycles. The predicted molar refractivity (Wildman–Crippen MR) is 223 cm³/mol. The highest BCUT2D eigenvalue weighted by atomic mass is 16.6. The van der Waals surface area contributed by atoms with Gasteiger partial charge in [0.05, 0.1) is 45.7 Å². The molecule has 0 N–H and O–H groups in total. The maximum absolute atomic E-state index is 12.2. The average Bonchev–Trinajstić information content (AvgIpc) is 3.24. The summed E-state index contributed by atoms with van der Waals surface area (Å²) in [4.78, 5) is 48.3. The van der Waals surface area contributed by atoms with Crippen LogP contribution in [-0.4, -0.2) is 62.5 Å². The van der Waals surface area contributed by atoms with Gasteiger partial charge in [0, 0.05) is 12.0 Å². The van der Waals surface area contributed by atoms with Crippen molar-refractivity contribution in [1.82, 2.24) is 0 Å².